The minimum Gasteiger partial charge on any atom is -0.494 e. The number of hydrogen-bond acceptors (Lipinski definition) is 20. The number of nitrogens with one attached hydrogen (secondary N) is 14. The minimum atomic E-state index is -0.445. The third-order valence-electron chi connectivity index (χ3n) is 18.0. The van der Waals surface area contributed by atoms with Crippen LogP contribution < -0.4 is 98.1 Å². The predicted molar refractivity (Wildman–Crippen MR) is 332 cm³/mol. The van der Waals surface area contributed by atoms with Crippen LogP contribution in [0.4, 0.5) is 25.8 Å². The summed E-state index contributed by atoms with van der Waals surface area (Å²) in [5, 5.41) is 50.8. The Kier molecular flexibility index (Phi) is 19.6. The summed E-state index contributed by atoms with van der Waals surface area (Å²) in [5.74, 6) is 2.77. The molecule has 85 heavy (non-hydrogen) atoms. The van der Waals surface area contributed by atoms with E-state index >= 15 is 8.78 Å². The smallest absolute Gasteiger partial charge is 0.171 e. The summed E-state index contributed by atoms with van der Waals surface area (Å²) in [6.45, 7) is 15.0. The van der Waals surface area contributed by atoms with E-state index in [0.717, 1.165) is 149 Å². The number of methoxy groups -OCH3 is 1. The highest BCUT2D eigenvalue weighted by atomic mass is 19.1. The van der Waals surface area contributed by atoms with Gasteiger partial charge in [-0.1, -0.05) is 18.2 Å². The Morgan fingerprint density at radius 2 is 1.12 bits per heavy atom. The van der Waals surface area contributed by atoms with Gasteiger partial charge in [-0.15, -0.1) is 0 Å². The van der Waals surface area contributed by atoms with E-state index in [2.05, 4.69) is 131 Å². The van der Waals surface area contributed by atoms with Gasteiger partial charge in [-0.05, 0) is 152 Å². The SMILES string of the molecule is COc1c(NC2NC(C)CC(NCCNC3CC(C)NC(Nc4cc5c(c(C6=CCNCCC6)c4F)OCC(CNC4CC(C)NC(Nc6cc7c(c(C8=CCN(C)CCC8)c6F)OCCC7)N4)O5)N3)N2)cc2c(c1C1=CCNCCC1)OCC2. The summed E-state index contributed by atoms with van der Waals surface area (Å²) in [7, 11) is 3.86. The van der Waals surface area contributed by atoms with Crippen molar-refractivity contribution < 1.29 is 32.5 Å². The molecule has 10 atom stereocenters. The lowest BCUT2D eigenvalue weighted by Gasteiger charge is -2.39. The second-order valence-electron chi connectivity index (χ2n) is 24.7. The Labute approximate surface area is 500 Å². The highest BCUT2D eigenvalue weighted by molar-refractivity contribution is 5.84. The van der Waals surface area contributed by atoms with E-state index in [1.165, 1.54) is 11.1 Å². The van der Waals surface area contributed by atoms with Gasteiger partial charge in [-0.3, -0.25) is 37.2 Å². The summed E-state index contributed by atoms with van der Waals surface area (Å²) in [6.07, 6.45) is 15.5. The highest BCUT2D eigenvalue weighted by Gasteiger charge is 2.36. The summed E-state index contributed by atoms with van der Waals surface area (Å²) in [6, 6.07) is 6.37. The van der Waals surface area contributed by atoms with E-state index in [1.54, 1.807) is 13.2 Å². The van der Waals surface area contributed by atoms with Crippen LogP contribution in [0.3, 0.4) is 0 Å². The lowest BCUT2D eigenvalue weighted by atomic mass is 9.93. The third kappa shape index (κ3) is 14.3. The molecule has 9 aliphatic rings. The quantitative estimate of drug-likeness (QED) is 0.0740. The molecule has 3 aromatic carbocycles. The van der Waals surface area contributed by atoms with Gasteiger partial charge in [0.1, 0.15) is 43.1 Å². The number of rotatable bonds is 18. The molecule has 9 aliphatic heterocycles. The maximum absolute atomic E-state index is 17.3. The van der Waals surface area contributed by atoms with Crippen LogP contribution in [0.25, 0.3) is 16.7 Å². The summed E-state index contributed by atoms with van der Waals surface area (Å²) in [4.78, 5) is 2.27. The zero-order chi connectivity index (χ0) is 58.4. The molecule has 0 bridgehead atoms. The van der Waals surface area contributed by atoms with Crippen LogP contribution in [-0.2, 0) is 12.8 Å². The van der Waals surface area contributed by atoms with Crippen molar-refractivity contribution >= 4 is 33.8 Å². The predicted octanol–water partition coefficient (Wildman–Crippen LogP) is 5.16. The van der Waals surface area contributed by atoms with E-state index in [0.29, 0.717) is 79.0 Å². The molecule has 0 aliphatic carbocycles. The van der Waals surface area contributed by atoms with Gasteiger partial charge in [0.05, 0.1) is 72.6 Å². The monoisotopic (exact) mass is 1180 g/mol. The number of fused-ring (bicyclic) bond motifs is 3. The fourth-order valence-electron chi connectivity index (χ4n) is 13.8. The molecule has 20 nitrogen and oxygen atoms in total. The van der Waals surface area contributed by atoms with Crippen LogP contribution in [-0.4, -0.2) is 159 Å². The van der Waals surface area contributed by atoms with Gasteiger partial charge in [0.25, 0.3) is 0 Å². The fraction of sp³-hybridized carbons (Fsp3) is 0.619. The van der Waals surface area contributed by atoms with Crippen molar-refractivity contribution in [3.63, 3.8) is 0 Å². The topological polar surface area (TPSA) is 218 Å². The number of halogens is 2. The molecule has 0 amide bonds. The molecule has 12 rings (SSSR count). The van der Waals surface area contributed by atoms with Crippen LogP contribution in [0.1, 0.15) is 113 Å². The molecule has 3 aromatic rings. The van der Waals surface area contributed by atoms with Crippen LogP contribution in [0, 0.1) is 11.6 Å². The first-order valence-electron chi connectivity index (χ1n) is 31.7. The van der Waals surface area contributed by atoms with Crippen LogP contribution in [0.15, 0.2) is 36.4 Å². The standard InChI is InChI=1S/C63H93F2N15O5/c1-36-28-49(68-22-23-69-50-29-37(2)73-63(78-50)76-47-32-43-17-27-83-58(43)54(59(47)81-5)40-11-7-19-67-21-15-40)77-62(71-36)75-46-33-48-60(53(56(46)65)39-10-6-18-66-20-14-39)84-35-44(85-48)34-70-51-30-38(3)72-61(79-51)74-45-31-42-13-9-26-82-57(42)52(55(45)64)41-12-8-24-80(4)25-16-41/h14-16,31-33,36-38,44,49-51,61-63,66-79H,6-13,17-30,34-35H2,1-5H3. The first-order valence-corrected chi connectivity index (χ1v) is 31.7. The number of aryl methyl sites for hydroxylation is 1. The Morgan fingerprint density at radius 3 is 1.78 bits per heavy atom. The largest absolute Gasteiger partial charge is 0.494 e. The van der Waals surface area contributed by atoms with Gasteiger partial charge >= 0.3 is 0 Å². The molecule has 464 valence electrons. The van der Waals surface area contributed by atoms with E-state index in [9.17, 15) is 0 Å². The Bertz CT molecular complexity index is 2930. The molecule has 9 heterocycles. The van der Waals surface area contributed by atoms with Gasteiger partial charge in [-0.25, -0.2) is 8.78 Å². The van der Waals surface area contributed by atoms with Crippen molar-refractivity contribution in [1.29, 1.82) is 0 Å². The van der Waals surface area contributed by atoms with Gasteiger partial charge in [0, 0.05) is 75.4 Å². The van der Waals surface area contributed by atoms with Crippen molar-refractivity contribution in [2.24, 2.45) is 0 Å². The van der Waals surface area contributed by atoms with E-state index in [-0.39, 0.29) is 67.3 Å². The van der Waals surface area contributed by atoms with Crippen molar-refractivity contribution in [1.82, 2.24) is 63.4 Å². The van der Waals surface area contributed by atoms with Crippen LogP contribution in [0.2, 0.25) is 0 Å². The van der Waals surface area contributed by atoms with Crippen molar-refractivity contribution in [3.8, 4) is 28.7 Å². The second-order valence-corrected chi connectivity index (χ2v) is 24.7. The maximum Gasteiger partial charge on any atom is 0.171 e. The second kappa shape index (κ2) is 27.8. The van der Waals surface area contributed by atoms with E-state index in [4.69, 9.17) is 23.7 Å². The zero-order valence-corrected chi connectivity index (χ0v) is 50.5. The van der Waals surface area contributed by atoms with E-state index in [1.807, 2.05) is 6.07 Å². The summed E-state index contributed by atoms with van der Waals surface area (Å²) >= 11 is 0. The van der Waals surface area contributed by atoms with Crippen LogP contribution in [0.5, 0.6) is 28.7 Å². The van der Waals surface area contributed by atoms with Gasteiger partial charge in [0.2, 0.25) is 0 Å². The molecule has 0 aromatic heterocycles. The Balaban J connectivity index is 0.669. The van der Waals surface area contributed by atoms with Gasteiger partial charge in [0.15, 0.2) is 28.9 Å². The molecule has 14 N–H and O–H groups in total. The first-order chi connectivity index (χ1) is 41.5. The molecular weight excluding hydrogens is 1080 g/mol. The van der Waals surface area contributed by atoms with Gasteiger partial charge < -0.3 is 65.8 Å². The molecule has 22 heteroatoms. The highest BCUT2D eigenvalue weighted by Crippen LogP contribution is 2.48. The van der Waals surface area contributed by atoms with E-state index < -0.39 is 12.6 Å². The van der Waals surface area contributed by atoms with Crippen LogP contribution >= 0.6 is 0 Å². The minimum absolute atomic E-state index is 0.0444. The molecule has 0 radical (unpaired) electrons. The maximum atomic E-state index is 17.3. The molecule has 10 unspecified atom stereocenters. The summed E-state index contributed by atoms with van der Waals surface area (Å²) < 4.78 is 66.0. The van der Waals surface area contributed by atoms with Gasteiger partial charge in [-0.2, -0.15) is 0 Å². The molecule has 3 fully saturated rings. The zero-order valence-electron chi connectivity index (χ0n) is 50.5. The normalized spacial score (nSPS) is 29.0. The number of likely N-dealkylation sites (N-methyl/N-ethyl adjacent to an activating group) is 1. The number of allylic oxidation sites excluding steroid dienone is 3. The Morgan fingerprint density at radius 1 is 0.576 bits per heavy atom. The van der Waals surface area contributed by atoms with Crippen molar-refractivity contribution in [2.45, 2.75) is 159 Å². The number of ether oxygens (including phenoxy) is 5. The first kappa shape index (κ1) is 60.0. The molecule has 3 saturated heterocycles. The Hall–Kier alpha value is -5.34. The molecular formula is C63H93F2N15O5. The van der Waals surface area contributed by atoms with Crippen molar-refractivity contribution in [3.05, 3.63) is 75.9 Å². The average Bonchev–Trinajstić information content (AvgIpc) is 2.21. The number of hydrogen-bond donors (Lipinski definition) is 14. The molecule has 0 spiro atoms. The lowest BCUT2D eigenvalue weighted by molar-refractivity contribution is 0.0830. The number of anilines is 3. The average molecular weight is 1180 g/mol. The third-order valence-corrected chi connectivity index (χ3v) is 18.0. The molecule has 0 saturated carbocycles. The summed E-state index contributed by atoms with van der Waals surface area (Å²) in [5.41, 5.74) is 9.28. The fourth-order valence-corrected chi connectivity index (χ4v) is 13.8. The number of nitrogens with zero attached hydrogens (tertiary/aromatic N) is 1. The lowest BCUT2D eigenvalue weighted by Crippen LogP contribution is -2.66. The van der Waals surface area contributed by atoms with Crippen molar-refractivity contribution in [2.75, 3.05) is 109 Å². The number of benzene rings is 3.